The zero-order valence-corrected chi connectivity index (χ0v) is 17.6. The molecule has 1 aliphatic heterocycles. The van der Waals surface area contributed by atoms with E-state index in [-0.39, 0.29) is 24.4 Å². The molecule has 0 saturated carbocycles. The van der Waals surface area contributed by atoms with Gasteiger partial charge in [0, 0.05) is 24.5 Å². The number of pyridine rings is 1. The standard InChI is InChI=1S/C22H25N5O2.ClH/c1-29-20-10-3-2-8-17(20)21(18-9-4-5-13-24-18)25-22(28)19-11-14-27(26-19)16-7-6-12-23-15-16;/h2-5,8-11,13-14,16,21,23H,6-7,12,15H2,1H3,(H,25,28);1H. The number of carbonyl (C=O) groups excluding carboxylic acids is 1. The molecule has 158 valence electrons. The van der Waals surface area contributed by atoms with Gasteiger partial charge in [-0.2, -0.15) is 5.10 Å². The quantitative estimate of drug-likeness (QED) is 0.631. The average Bonchev–Trinajstić information content (AvgIpc) is 3.29. The minimum absolute atomic E-state index is 0. The summed E-state index contributed by atoms with van der Waals surface area (Å²) in [6.07, 6.45) is 5.77. The van der Waals surface area contributed by atoms with E-state index in [2.05, 4.69) is 20.7 Å². The Bertz CT molecular complexity index is 957. The predicted octanol–water partition coefficient (Wildman–Crippen LogP) is 3.15. The number of hydrogen-bond donors (Lipinski definition) is 2. The van der Waals surface area contributed by atoms with Gasteiger partial charge < -0.3 is 15.4 Å². The Morgan fingerprint density at radius 1 is 1.23 bits per heavy atom. The zero-order valence-electron chi connectivity index (χ0n) is 16.8. The Kier molecular flexibility index (Phi) is 7.43. The van der Waals surface area contributed by atoms with Crippen molar-refractivity contribution in [3.8, 4) is 5.75 Å². The summed E-state index contributed by atoms with van der Waals surface area (Å²) in [5.74, 6) is 0.455. The van der Waals surface area contributed by atoms with Crippen molar-refractivity contribution in [3.63, 3.8) is 0 Å². The summed E-state index contributed by atoms with van der Waals surface area (Å²) in [5, 5.41) is 11.0. The highest BCUT2D eigenvalue weighted by atomic mass is 35.5. The zero-order chi connectivity index (χ0) is 20.1. The Morgan fingerprint density at radius 3 is 2.80 bits per heavy atom. The maximum atomic E-state index is 13.0. The van der Waals surface area contributed by atoms with Crippen molar-refractivity contribution in [2.75, 3.05) is 20.2 Å². The summed E-state index contributed by atoms with van der Waals surface area (Å²) in [5.41, 5.74) is 1.98. The smallest absolute Gasteiger partial charge is 0.272 e. The number of ether oxygens (including phenoxy) is 1. The third-order valence-corrected chi connectivity index (χ3v) is 5.19. The van der Waals surface area contributed by atoms with Crippen LogP contribution in [0, 0.1) is 0 Å². The Morgan fingerprint density at radius 2 is 2.07 bits per heavy atom. The number of halogens is 1. The number of nitrogens with one attached hydrogen (secondary N) is 2. The molecule has 0 radical (unpaired) electrons. The molecule has 1 aromatic carbocycles. The molecule has 2 unspecified atom stereocenters. The van der Waals surface area contributed by atoms with E-state index in [0.29, 0.717) is 11.4 Å². The Hall–Kier alpha value is -2.90. The van der Waals surface area contributed by atoms with Crippen molar-refractivity contribution in [2.45, 2.75) is 24.9 Å². The summed E-state index contributed by atoms with van der Waals surface area (Å²) in [6.45, 7) is 1.91. The summed E-state index contributed by atoms with van der Waals surface area (Å²) in [4.78, 5) is 17.5. The van der Waals surface area contributed by atoms with Crippen LogP contribution in [0.5, 0.6) is 5.75 Å². The fourth-order valence-electron chi connectivity index (χ4n) is 3.69. The van der Waals surface area contributed by atoms with E-state index < -0.39 is 6.04 Å². The van der Waals surface area contributed by atoms with Crippen molar-refractivity contribution in [3.05, 3.63) is 77.9 Å². The normalized spacial score (nSPS) is 16.9. The van der Waals surface area contributed by atoms with Crippen LogP contribution in [-0.4, -0.2) is 40.9 Å². The third kappa shape index (κ3) is 4.80. The number of carbonyl (C=O) groups is 1. The SMILES string of the molecule is COc1ccccc1C(NC(=O)c1ccn(C2CCCNC2)n1)c1ccccn1.Cl. The second-order valence-electron chi connectivity index (χ2n) is 7.08. The molecule has 1 saturated heterocycles. The van der Waals surface area contributed by atoms with Crippen LogP contribution in [0.1, 0.15) is 46.7 Å². The van der Waals surface area contributed by atoms with Crippen molar-refractivity contribution < 1.29 is 9.53 Å². The molecule has 1 fully saturated rings. The summed E-state index contributed by atoms with van der Waals surface area (Å²) in [7, 11) is 1.62. The van der Waals surface area contributed by atoms with E-state index in [0.717, 1.165) is 37.2 Å². The maximum absolute atomic E-state index is 13.0. The van der Waals surface area contributed by atoms with Gasteiger partial charge in [-0.3, -0.25) is 14.5 Å². The number of aromatic nitrogens is 3. The fourth-order valence-corrected chi connectivity index (χ4v) is 3.69. The van der Waals surface area contributed by atoms with Crippen LogP contribution in [0.25, 0.3) is 0 Å². The average molecular weight is 428 g/mol. The number of piperidine rings is 1. The summed E-state index contributed by atoms with van der Waals surface area (Å²) < 4.78 is 7.40. The maximum Gasteiger partial charge on any atom is 0.272 e. The van der Waals surface area contributed by atoms with Gasteiger partial charge in [-0.15, -0.1) is 12.4 Å². The van der Waals surface area contributed by atoms with Gasteiger partial charge in [0.2, 0.25) is 0 Å². The van der Waals surface area contributed by atoms with Gasteiger partial charge >= 0.3 is 0 Å². The van der Waals surface area contributed by atoms with Crippen LogP contribution in [0.3, 0.4) is 0 Å². The number of para-hydroxylation sites is 1. The van der Waals surface area contributed by atoms with Gasteiger partial charge in [0.15, 0.2) is 0 Å². The Balaban J connectivity index is 0.00000256. The van der Waals surface area contributed by atoms with Crippen LogP contribution in [-0.2, 0) is 0 Å². The van der Waals surface area contributed by atoms with Crippen LogP contribution in [0.15, 0.2) is 60.9 Å². The Labute approximate surface area is 182 Å². The fraction of sp³-hybridized carbons (Fsp3) is 0.318. The molecule has 2 aromatic heterocycles. The van der Waals surface area contributed by atoms with Gasteiger partial charge in [-0.1, -0.05) is 24.3 Å². The van der Waals surface area contributed by atoms with Crippen LogP contribution < -0.4 is 15.4 Å². The highest BCUT2D eigenvalue weighted by molar-refractivity contribution is 5.92. The predicted molar refractivity (Wildman–Crippen MR) is 117 cm³/mol. The van der Waals surface area contributed by atoms with Crippen LogP contribution in [0.4, 0.5) is 0 Å². The molecule has 0 spiro atoms. The van der Waals surface area contributed by atoms with E-state index in [1.165, 1.54) is 0 Å². The molecule has 0 bridgehead atoms. The lowest BCUT2D eigenvalue weighted by molar-refractivity contribution is 0.0935. The van der Waals surface area contributed by atoms with Crippen LogP contribution >= 0.6 is 12.4 Å². The lowest BCUT2D eigenvalue weighted by Crippen LogP contribution is -2.33. The first-order valence-electron chi connectivity index (χ1n) is 9.87. The van der Waals surface area contributed by atoms with Gasteiger partial charge in [-0.25, -0.2) is 0 Å². The van der Waals surface area contributed by atoms with Gasteiger partial charge in [-0.05, 0) is 43.7 Å². The summed E-state index contributed by atoms with van der Waals surface area (Å²) in [6, 6.07) is 14.9. The minimum Gasteiger partial charge on any atom is -0.496 e. The van der Waals surface area contributed by atoms with E-state index in [9.17, 15) is 4.79 Å². The topological polar surface area (TPSA) is 81.1 Å². The molecular formula is C22H26ClN5O2. The van der Waals surface area contributed by atoms with Crippen molar-refractivity contribution in [1.82, 2.24) is 25.4 Å². The van der Waals surface area contributed by atoms with Gasteiger partial charge in [0.25, 0.3) is 5.91 Å². The van der Waals surface area contributed by atoms with Gasteiger partial charge in [0.1, 0.15) is 17.5 Å². The van der Waals surface area contributed by atoms with Gasteiger partial charge in [0.05, 0.1) is 18.8 Å². The molecule has 4 rings (SSSR count). The summed E-state index contributed by atoms with van der Waals surface area (Å²) >= 11 is 0. The lowest BCUT2D eigenvalue weighted by Gasteiger charge is -2.23. The molecule has 3 heterocycles. The minimum atomic E-state index is -0.443. The molecule has 2 N–H and O–H groups in total. The molecule has 7 nitrogen and oxygen atoms in total. The van der Waals surface area contributed by atoms with Crippen molar-refractivity contribution in [2.24, 2.45) is 0 Å². The highest BCUT2D eigenvalue weighted by Crippen LogP contribution is 2.29. The van der Waals surface area contributed by atoms with Crippen LogP contribution in [0.2, 0.25) is 0 Å². The molecular weight excluding hydrogens is 402 g/mol. The largest absolute Gasteiger partial charge is 0.496 e. The monoisotopic (exact) mass is 427 g/mol. The van der Waals surface area contributed by atoms with E-state index in [1.54, 1.807) is 19.4 Å². The lowest BCUT2D eigenvalue weighted by atomic mass is 10.0. The molecule has 3 aromatic rings. The third-order valence-electron chi connectivity index (χ3n) is 5.19. The van der Waals surface area contributed by atoms with E-state index in [1.807, 2.05) is 53.3 Å². The molecule has 1 amide bonds. The molecule has 1 aliphatic rings. The van der Waals surface area contributed by atoms with Crippen molar-refractivity contribution in [1.29, 1.82) is 0 Å². The second kappa shape index (κ2) is 10.2. The molecule has 8 heteroatoms. The number of benzene rings is 1. The first kappa shape index (κ1) is 21.8. The van der Waals surface area contributed by atoms with E-state index in [4.69, 9.17) is 4.74 Å². The highest BCUT2D eigenvalue weighted by Gasteiger charge is 2.24. The number of amides is 1. The van der Waals surface area contributed by atoms with E-state index >= 15 is 0 Å². The molecule has 2 atom stereocenters. The first-order chi connectivity index (χ1) is 14.3. The number of methoxy groups -OCH3 is 1. The number of rotatable bonds is 6. The first-order valence-corrected chi connectivity index (χ1v) is 9.87. The van der Waals surface area contributed by atoms with Crippen molar-refractivity contribution >= 4 is 18.3 Å². The molecule has 0 aliphatic carbocycles. The number of nitrogens with zero attached hydrogens (tertiary/aromatic N) is 3. The second-order valence-corrected chi connectivity index (χ2v) is 7.08. The molecule has 30 heavy (non-hydrogen) atoms. The number of hydrogen-bond acceptors (Lipinski definition) is 5.